The molecule has 0 fully saturated rings. The number of hydrogen-bond acceptors (Lipinski definition) is 4. The molecular formula is C9H9N3S. The summed E-state index contributed by atoms with van der Waals surface area (Å²) in [6.07, 6.45) is 2.55. The first-order chi connectivity index (χ1) is 6.34. The average Bonchev–Trinajstić information content (AvgIpc) is 2.53. The molecule has 0 spiro atoms. The third kappa shape index (κ3) is 2.03. The molecule has 4 heteroatoms. The van der Waals surface area contributed by atoms with Gasteiger partial charge >= 0.3 is 0 Å². The van der Waals surface area contributed by atoms with Crippen LogP contribution in [-0.2, 0) is 6.42 Å². The van der Waals surface area contributed by atoms with Crippen molar-refractivity contribution in [2.24, 2.45) is 0 Å². The van der Waals surface area contributed by atoms with Crippen molar-refractivity contribution >= 4 is 17.2 Å². The van der Waals surface area contributed by atoms with Gasteiger partial charge in [-0.25, -0.2) is 4.98 Å². The number of rotatable bonds is 2. The van der Waals surface area contributed by atoms with Crippen LogP contribution in [0.1, 0.15) is 10.7 Å². The van der Waals surface area contributed by atoms with Gasteiger partial charge in [-0.2, -0.15) is 0 Å². The van der Waals surface area contributed by atoms with Crippen molar-refractivity contribution < 1.29 is 0 Å². The summed E-state index contributed by atoms with van der Waals surface area (Å²) < 4.78 is 0. The summed E-state index contributed by atoms with van der Waals surface area (Å²) >= 11 is 1.57. The maximum Gasteiger partial charge on any atom is 0.134 e. The van der Waals surface area contributed by atoms with Crippen LogP contribution in [0.5, 0.6) is 0 Å². The number of nitrogens with two attached hydrogens (primary N) is 1. The molecule has 0 radical (unpaired) electrons. The number of hydrogen-bond donors (Lipinski definition) is 1. The molecule has 0 aliphatic carbocycles. The van der Waals surface area contributed by atoms with E-state index < -0.39 is 0 Å². The maximum atomic E-state index is 5.51. The minimum Gasteiger partial charge on any atom is -0.383 e. The van der Waals surface area contributed by atoms with Gasteiger partial charge in [0.1, 0.15) is 10.8 Å². The van der Waals surface area contributed by atoms with E-state index in [0.717, 1.165) is 17.1 Å². The molecule has 2 heterocycles. The number of nitrogens with zero attached hydrogens (tertiary/aromatic N) is 2. The van der Waals surface area contributed by atoms with Crippen molar-refractivity contribution in [1.29, 1.82) is 0 Å². The van der Waals surface area contributed by atoms with Crippen LogP contribution in [0, 0.1) is 0 Å². The molecule has 0 aliphatic rings. The van der Waals surface area contributed by atoms with Crippen LogP contribution in [0.3, 0.4) is 0 Å². The highest BCUT2D eigenvalue weighted by molar-refractivity contribution is 7.10. The predicted octanol–water partition coefficient (Wildman–Crippen LogP) is 1.71. The molecule has 0 saturated heterocycles. The third-order valence-corrected chi connectivity index (χ3v) is 2.50. The monoisotopic (exact) mass is 191 g/mol. The summed E-state index contributed by atoms with van der Waals surface area (Å²) in [5.41, 5.74) is 6.54. The molecular weight excluding hydrogens is 182 g/mol. The molecule has 2 aromatic heterocycles. The van der Waals surface area contributed by atoms with Crippen molar-refractivity contribution in [2.75, 3.05) is 5.73 Å². The van der Waals surface area contributed by atoms with Gasteiger partial charge in [-0.15, -0.1) is 11.3 Å². The van der Waals surface area contributed by atoms with Gasteiger partial charge in [0.2, 0.25) is 0 Å². The van der Waals surface area contributed by atoms with E-state index in [-0.39, 0.29) is 0 Å². The standard InChI is InChI=1S/C9H9N3S/c10-8-6-13-9(12-8)5-7-3-1-2-4-11-7/h1-4,6H,5,10H2. The van der Waals surface area contributed by atoms with Crippen LogP contribution >= 0.6 is 11.3 Å². The molecule has 0 aromatic carbocycles. The van der Waals surface area contributed by atoms with Crippen LogP contribution in [-0.4, -0.2) is 9.97 Å². The van der Waals surface area contributed by atoms with Crippen molar-refractivity contribution in [3.8, 4) is 0 Å². The van der Waals surface area contributed by atoms with Gasteiger partial charge in [-0.05, 0) is 12.1 Å². The third-order valence-electron chi connectivity index (χ3n) is 1.63. The fourth-order valence-corrected chi connectivity index (χ4v) is 1.76. The molecule has 66 valence electrons. The maximum absolute atomic E-state index is 5.51. The van der Waals surface area contributed by atoms with Crippen LogP contribution in [0.25, 0.3) is 0 Å². The van der Waals surface area contributed by atoms with Crippen LogP contribution in [0.2, 0.25) is 0 Å². The molecule has 13 heavy (non-hydrogen) atoms. The quantitative estimate of drug-likeness (QED) is 0.786. The Morgan fingerprint density at radius 1 is 1.38 bits per heavy atom. The lowest BCUT2D eigenvalue weighted by atomic mass is 10.3. The molecule has 0 atom stereocenters. The van der Waals surface area contributed by atoms with Gasteiger partial charge in [-0.1, -0.05) is 6.07 Å². The van der Waals surface area contributed by atoms with E-state index in [0.29, 0.717) is 5.82 Å². The van der Waals surface area contributed by atoms with E-state index >= 15 is 0 Å². The first kappa shape index (κ1) is 8.19. The van der Waals surface area contributed by atoms with Gasteiger partial charge in [0.05, 0.1) is 0 Å². The summed E-state index contributed by atoms with van der Waals surface area (Å²) in [6.45, 7) is 0. The zero-order valence-corrected chi connectivity index (χ0v) is 7.79. The van der Waals surface area contributed by atoms with Gasteiger partial charge in [0.15, 0.2) is 0 Å². The minimum atomic E-state index is 0.593. The first-order valence-corrected chi connectivity index (χ1v) is 4.82. The molecule has 0 bridgehead atoms. The van der Waals surface area contributed by atoms with Crippen LogP contribution in [0.15, 0.2) is 29.8 Å². The highest BCUT2D eigenvalue weighted by Gasteiger charge is 2.00. The Hall–Kier alpha value is -1.42. The second kappa shape index (κ2) is 3.53. The Bertz CT molecular complexity index is 383. The lowest BCUT2D eigenvalue weighted by Gasteiger charge is -1.94. The Morgan fingerprint density at radius 2 is 2.31 bits per heavy atom. The van der Waals surface area contributed by atoms with E-state index in [1.165, 1.54) is 0 Å². The summed E-state index contributed by atoms with van der Waals surface area (Å²) in [7, 11) is 0. The topological polar surface area (TPSA) is 51.8 Å². The van der Waals surface area contributed by atoms with Gasteiger partial charge < -0.3 is 5.73 Å². The van der Waals surface area contributed by atoms with Crippen LogP contribution < -0.4 is 5.73 Å². The minimum absolute atomic E-state index is 0.593. The SMILES string of the molecule is Nc1csc(Cc2ccccn2)n1. The Kier molecular flexibility index (Phi) is 2.23. The molecule has 0 aliphatic heterocycles. The smallest absolute Gasteiger partial charge is 0.134 e. The summed E-state index contributed by atoms with van der Waals surface area (Å²) in [4.78, 5) is 8.37. The number of nitrogen functional groups attached to an aromatic ring is 1. The molecule has 3 nitrogen and oxygen atoms in total. The fraction of sp³-hybridized carbons (Fsp3) is 0.111. The highest BCUT2D eigenvalue weighted by Crippen LogP contribution is 2.14. The van der Waals surface area contributed by atoms with Crippen molar-refractivity contribution in [3.05, 3.63) is 40.5 Å². The zero-order valence-electron chi connectivity index (χ0n) is 6.97. The molecule has 2 aromatic rings. The molecule has 2 rings (SSSR count). The highest BCUT2D eigenvalue weighted by atomic mass is 32.1. The summed E-state index contributed by atoms with van der Waals surface area (Å²) in [5, 5.41) is 2.86. The van der Waals surface area contributed by atoms with Gasteiger partial charge in [0, 0.05) is 23.7 Å². The number of anilines is 1. The second-order valence-corrected chi connectivity index (χ2v) is 3.61. The summed E-state index contributed by atoms with van der Waals surface area (Å²) in [5.74, 6) is 0.593. The van der Waals surface area contributed by atoms with E-state index in [9.17, 15) is 0 Å². The van der Waals surface area contributed by atoms with Crippen molar-refractivity contribution in [1.82, 2.24) is 9.97 Å². The Morgan fingerprint density at radius 3 is 2.92 bits per heavy atom. The zero-order chi connectivity index (χ0) is 9.10. The van der Waals surface area contributed by atoms with Crippen LogP contribution in [0.4, 0.5) is 5.82 Å². The largest absolute Gasteiger partial charge is 0.383 e. The van der Waals surface area contributed by atoms with E-state index in [4.69, 9.17) is 5.73 Å². The number of pyridine rings is 1. The Labute approximate surface area is 80.3 Å². The number of thiazole rings is 1. The predicted molar refractivity (Wildman–Crippen MR) is 53.6 cm³/mol. The molecule has 2 N–H and O–H groups in total. The van der Waals surface area contributed by atoms with Gasteiger partial charge in [0.25, 0.3) is 0 Å². The molecule has 0 saturated carbocycles. The van der Waals surface area contributed by atoms with Gasteiger partial charge in [-0.3, -0.25) is 4.98 Å². The fourth-order valence-electron chi connectivity index (χ4n) is 1.06. The second-order valence-electron chi connectivity index (χ2n) is 2.66. The number of aromatic nitrogens is 2. The van der Waals surface area contributed by atoms with Crippen molar-refractivity contribution in [2.45, 2.75) is 6.42 Å². The normalized spacial score (nSPS) is 10.2. The van der Waals surface area contributed by atoms with E-state index in [2.05, 4.69) is 9.97 Å². The summed E-state index contributed by atoms with van der Waals surface area (Å²) in [6, 6.07) is 5.86. The first-order valence-electron chi connectivity index (χ1n) is 3.94. The lowest BCUT2D eigenvalue weighted by Crippen LogP contribution is -1.91. The van der Waals surface area contributed by atoms with Crippen molar-refractivity contribution in [3.63, 3.8) is 0 Å². The average molecular weight is 191 g/mol. The lowest BCUT2D eigenvalue weighted by molar-refractivity contribution is 1.05. The van der Waals surface area contributed by atoms with E-state index in [1.807, 2.05) is 23.6 Å². The van der Waals surface area contributed by atoms with E-state index in [1.54, 1.807) is 17.5 Å². The Balaban J connectivity index is 2.15. The molecule has 0 amide bonds. The molecule has 0 unspecified atom stereocenters.